The maximum atomic E-state index is 13.9. The number of benzene rings is 1. The molecule has 2 N–H and O–H groups in total. The van der Waals surface area contributed by atoms with E-state index in [0.717, 1.165) is 5.39 Å². The van der Waals surface area contributed by atoms with Crippen molar-refractivity contribution >= 4 is 10.9 Å². The maximum Gasteiger partial charge on any atom is 0.213 e. The predicted octanol–water partition coefficient (Wildman–Crippen LogP) is 1.80. The molecule has 1 unspecified atom stereocenters. The number of ether oxygens (including phenoxy) is 1. The van der Waals surface area contributed by atoms with Crippen LogP contribution in [0, 0.1) is 5.82 Å². The summed E-state index contributed by atoms with van der Waals surface area (Å²) in [5.74, 6) is -0.925. The van der Waals surface area contributed by atoms with E-state index in [0.29, 0.717) is 11.4 Å². The summed E-state index contributed by atoms with van der Waals surface area (Å²) >= 11 is 0. The Morgan fingerprint density at radius 2 is 1.89 bits per heavy atom. The molecular weight excluding hydrogens is 237 g/mol. The Labute approximate surface area is 104 Å². The fourth-order valence-corrected chi connectivity index (χ4v) is 1.86. The van der Waals surface area contributed by atoms with Gasteiger partial charge in [0.1, 0.15) is 5.82 Å². The molecule has 1 atom stereocenters. The highest BCUT2D eigenvalue weighted by Gasteiger charge is 2.21. The lowest BCUT2D eigenvalue weighted by Gasteiger charge is -2.17. The molecule has 0 amide bonds. The second-order valence-electron chi connectivity index (χ2n) is 4.09. The van der Waals surface area contributed by atoms with Gasteiger partial charge in [-0.2, -0.15) is 0 Å². The largest absolute Gasteiger partial charge is 0.481 e. The average molecular weight is 251 g/mol. The molecule has 0 bridgehead atoms. The molecule has 0 radical (unpaired) electrons. The number of halogens is 1. The second kappa shape index (κ2) is 4.88. The van der Waals surface area contributed by atoms with Crippen LogP contribution in [0.1, 0.15) is 18.4 Å². The minimum absolute atomic E-state index is 0.182. The standard InChI is InChI=1S/C13H14FNO3/c1-7(13(16)17)11-9(14)5-3-8-4-6-10(18-2)15-12(8)11/h3-7,13,16-17H,1-2H3. The monoisotopic (exact) mass is 251 g/mol. The molecule has 0 fully saturated rings. The number of nitrogens with zero attached hydrogens (tertiary/aromatic N) is 1. The molecule has 0 saturated heterocycles. The first-order valence-electron chi connectivity index (χ1n) is 5.54. The van der Waals surface area contributed by atoms with Gasteiger partial charge in [0.2, 0.25) is 5.88 Å². The molecule has 1 aromatic carbocycles. The summed E-state index contributed by atoms with van der Waals surface area (Å²) in [6.07, 6.45) is -1.64. The van der Waals surface area contributed by atoms with Crippen LogP contribution < -0.4 is 4.74 Å². The highest BCUT2D eigenvalue weighted by Crippen LogP contribution is 2.29. The number of fused-ring (bicyclic) bond motifs is 1. The molecule has 1 aromatic heterocycles. The second-order valence-corrected chi connectivity index (χ2v) is 4.09. The smallest absolute Gasteiger partial charge is 0.213 e. The molecule has 0 aliphatic carbocycles. The van der Waals surface area contributed by atoms with E-state index in [1.54, 1.807) is 18.2 Å². The van der Waals surface area contributed by atoms with Gasteiger partial charge >= 0.3 is 0 Å². The summed E-state index contributed by atoms with van der Waals surface area (Å²) in [7, 11) is 1.47. The van der Waals surface area contributed by atoms with Crippen molar-refractivity contribution in [1.29, 1.82) is 0 Å². The van der Waals surface area contributed by atoms with Gasteiger partial charge in [0.25, 0.3) is 0 Å². The van der Waals surface area contributed by atoms with Crippen LogP contribution in [0.15, 0.2) is 24.3 Å². The van der Waals surface area contributed by atoms with Gasteiger partial charge in [-0.3, -0.25) is 0 Å². The summed E-state index contributed by atoms with van der Waals surface area (Å²) in [5, 5.41) is 19.2. The quantitative estimate of drug-likeness (QED) is 0.816. The average Bonchev–Trinajstić information content (AvgIpc) is 2.37. The summed E-state index contributed by atoms with van der Waals surface area (Å²) < 4.78 is 18.9. The van der Waals surface area contributed by atoms with Crippen molar-refractivity contribution in [3.8, 4) is 5.88 Å². The lowest BCUT2D eigenvalue weighted by Crippen LogP contribution is -2.16. The Bertz CT molecular complexity index is 571. The van der Waals surface area contributed by atoms with Crippen LogP contribution in [-0.2, 0) is 0 Å². The predicted molar refractivity (Wildman–Crippen MR) is 64.9 cm³/mol. The van der Waals surface area contributed by atoms with Crippen LogP contribution in [0.25, 0.3) is 10.9 Å². The molecule has 2 aromatic rings. The highest BCUT2D eigenvalue weighted by atomic mass is 19.1. The molecule has 2 rings (SSSR count). The van der Waals surface area contributed by atoms with Crippen molar-refractivity contribution in [3.63, 3.8) is 0 Å². The van der Waals surface area contributed by atoms with Crippen LogP contribution in [0.4, 0.5) is 4.39 Å². The van der Waals surface area contributed by atoms with E-state index in [-0.39, 0.29) is 5.56 Å². The third-order valence-corrected chi connectivity index (χ3v) is 2.93. The van der Waals surface area contributed by atoms with Gasteiger partial charge in [0.15, 0.2) is 6.29 Å². The topological polar surface area (TPSA) is 62.6 Å². The zero-order valence-corrected chi connectivity index (χ0v) is 10.1. The van der Waals surface area contributed by atoms with E-state index in [1.807, 2.05) is 0 Å². The number of rotatable bonds is 3. The van der Waals surface area contributed by atoms with Crippen molar-refractivity contribution in [1.82, 2.24) is 4.98 Å². The zero-order valence-electron chi connectivity index (χ0n) is 10.1. The van der Waals surface area contributed by atoms with Gasteiger partial charge in [-0.05, 0) is 18.2 Å². The number of aliphatic hydroxyl groups excluding tert-OH is 1. The van der Waals surface area contributed by atoms with Crippen molar-refractivity contribution in [2.24, 2.45) is 0 Å². The van der Waals surface area contributed by atoms with E-state index in [4.69, 9.17) is 4.74 Å². The summed E-state index contributed by atoms with van der Waals surface area (Å²) in [4.78, 5) is 4.17. The van der Waals surface area contributed by atoms with Gasteiger partial charge in [-0.15, -0.1) is 0 Å². The molecule has 0 aliphatic heterocycles. The molecule has 0 spiro atoms. The highest BCUT2D eigenvalue weighted by molar-refractivity contribution is 5.83. The Balaban J connectivity index is 2.71. The summed E-state index contributed by atoms with van der Waals surface area (Å²) in [6, 6.07) is 6.31. The van der Waals surface area contributed by atoms with Crippen molar-refractivity contribution in [3.05, 3.63) is 35.6 Å². The molecule has 5 heteroatoms. The number of pyridine rings is 1. The van der Waals surface area contributed by atoms with Gasteiger partial charge in [0.05, 0.1) is 12.6 Å². The lowest BCUT2D eigenvalue weighted by molar-refractivity contribution is -0.0565. The number of hydrogen-bond donors (Lipinski definition) is 2. The van der Waals surface area contributed by atoms with Crippen LogP contribution in [0.2, 0.25) is 0 Å². The van der Waals surface area contributed by atoms with E-state index >= 15 is 0 Å². The molecule has 18 heavy (non-hydrogen) atoms. The number of methoxy groups -OCH3 is 1. The van der Waals surface area contributed by atoms with E-state index in [9.17, 15) is 14.6 Å². The van der Waals surface area contributed by atoms with Crippen molar-refractivity contribution in [2.75, 3.05) is 7.11 Å². The lowest BCUT2D eigenvalue weighted by atomic mass is 9.97. The molecule has 1 heterocycles. The molecule has 4 nitrogen and oxygen atoms in total. The first-order chi connectivity index (χ1) is 8.54. The van der Waals surface area contributed by atoms with Crippen LogP contribution in [0.5, 0.6) is 5.88 Å². The van der Waals surface area contributed by atoms with E-state index in [2.05, 4.69) is 4.98 Å². The number of hydrogen-bond acceptors (Lipinski definition) is 4. The van der Waals surface area contributed by atoms with Gasteiger partial charge in [-0.1, -0.05) is 6.92 Å². The third kappa shape index (κ3) is 2.14. The van der Waals surface area contributed by atoms with Crippen LogP contribution in [-0.4, -0.2) is 28.6 Å². The number of aliphatic hydroxyl groups is 2. The molecule has 0 aliphatic rings. The summed E-state index contributed by atoms with van der Waals surface area (Å²) in [6.45, 7) is 1.53. The van der Waals surface area contributed by atoms with Crippen molar-refractivity contribution < 1.29 is 19.3 Å². The SMILES string of the molecule is COc1ccc2ccc(F)c(C(C)C(O)O)c2n1. The van der Waals surface area contributed by atoms with E-state index in [1.165, 1.54) is 20.1 Å². The molecule has 0 saturated carbocycles. The van der Waals surface area contributed by atoms with E-state index < -0.39 is 18.0 Å². The van der Waals surface area contributed by atoms with Crippen molar-refractivity contribution in [2.45, 2.75) is 19.1 Å². The van der Waals surface area contributed by atoms with Crippen LogP contribution in [0.3, 0.4) is 0 Å². The fourth-order valence-electron chi connectivity index (χ4n) is 1.86. The Morgan fingerprint density at radius 3 is 2.50 bits per heavy atom. The Morgan fingerprint density at radius 1 is 1.22 bits per heavy atom. The fraction of sp³-hybridized carbons (Fsp3) is 0.308. The zero-order chi connectivity index (χ0) is 13.3. The third-order valence-electron chi connectivity index (χ3n) is 2.93. The summed E-state index contributed by atoms with van der Waals surface area (Å²) in [5.41, 5.74) is 0.566. The van der Waals surface area contributed by atoms with Gasteiger partial charge < -0.3 is 14.9 Å². The number of aromatic nitrogens is 1. The normalized spacial score (nSPS) is 13.0. The maximum absolute atomic E-state index is 13.9. The van der Waals surface area contributed by atoms with Crippen LogP contribution >= 0.6 is 0 Å². The molecule has 96 valence electrons. The minimum Gasteiger partial charge on any atom is -0.481 e. The van der Waals surface area contributed by atoms with Gasteiger partial charge in [-0.25, -0.2) is 9.37 Å². The minimum atomic E-state index is -1.64. The Hall–Kier alpha value is -1.72. The Kier molecular flexibility index (Phi) is 3.45. The first-order valence-corrected chi connectivity index (χ1v) is 5.54. The molecular formula is C13H14FNO3. The van der Waals surface area contributed by atoms with Gasteiger partial charge in [0, 0.05) is 22.9 Å². The first kappa shape index (κ1) is 12.7.